The van der Waals surface area contributed by atoms with Crippen molar-refractivity contribution in [3.63, 3.8) is 0 Å². The summed E-state index contributed by atoms with van der Waals surface area (Å²) in [6.07, 6.45) is 0. The maximum absolute atomic E-state index is 13.0. The topological polar surface area (TPSA) is 84.3 Å². The molecule has 0 radical (unpaired) electrons. The van der Waals surface area contributed by atoms with Crippen LogP contribution in [0.3, 0.4) is 0 Å². The average Bonchev–Trinajstić information content (AvgIpc) is 2.69. The maximum atomic E-state index is 13.0. The van der Waals surface area contributed by atoms with Crippen LogP contribution in [0.1, 0.15) is 10.5 Å². The highest BCUT2D eigenvalue weighted by Crippen LogP contribution is 2.17. The molecular formula is C19H16N4O3. The molecule has 2 heterocycles. The summed E-state index contributed by atoms with van der Waals surface area (Å²) in [4.78, 5) is 39.0. The smallest absolute Gasteiger partial charge is 0.279 e. The second kappa shape index (κ2) is 6.44. The molecule has 7 nitrogen and oxygen atoms in total. The molecule has 1 aliphatic rings. The molecule has 7 heteroatoms. The van der Waals surface area contributed by atoms with E-state index < -0.39 is 0 Å². The average molecular weight is 348 g/mol. The minimum Gasteiger partial charge on any atom is -0.353 e. The highest BCUT2D eigenvalue weighted by atomic mass is 16.2. The molecule has 0 atom stereocenters. The monoisotopic (exact) mass is 348 g/mol. The first-order valence-corrected chi connectivity index (χ1v) is 8.28. The molecule has 130 valence electrons. The van der Waals surface area contributed by atoms with E-state index in [0.717, 1.165) is 0 Å². The van der Waals surface area contributed by atoms with Crippen LogP contribution in [0.4, 0.5) is 0 Å². The lowest BCUT2D eigenvalue weighted by Crippen LogP contribution is -2.50. The SMILES string of the molecule is O=C1CN(C(=O)c2nn(-c3ccccc3)c(=O)c3ccccc23)CCN1. The lowest BCUT2D eigenvalue weighted by atomic mass is 10.1. The van der Waals surface area contributed by atoms with E-state index in [4.69, 9.17) is 0 Å². The Morgan fingerprint density at radius 3 is 2.38 bits per heavy atom. The van der Waals surface area contributed by atoms with Gasteiger partial charge in [0, 0.05) is 18.5 Å². The minimum absolute atomic E-state index is 0.0146. The van der Waals surface area contributed by atoms with Crippen molar-refractivity contribution in [1.29, 1.82) is 0 Å². The van der Waals surface area contributed by atoms with Crippen LogP contribution in [0, 0.1) is 0 Å². The van der Waals surface area contributed by atoms with E-state index in [9.17, 15) is 14.4 Å². The van der Waals surface area contributed by atoms with Gasteiger partial charge in [-0.25, -0.2) is 0 Å². The highest BCUT2D eigenvalue weighted by molar-refractivity contribution is 6.06. The summed E-state index contributed by atoms with van der Waals surface area (Å²) >= 11 is 0. The number of para-hydroxylation sites is 1. The van der Waals surface area contributed by atoms with Crippen LogP contribution in [0.15, 0.2) is 59.4 Å². The number of piperazine rings is 1. The summed E-state index contributed by atoms with van der Waals surface area (Å²) < 4.78 is 1.24. The fraction of sp³-hybridized carbons (Fsp3) is 0.158. The summed E-state index contributed by atoms with van der Waals surface area (Å²) in [6, 6.07) is 15.8. The number of carbonyl (C=O) groups excluding carboxylic acids is 2. The fourth-order valence-electron chi connectivity index (χ4n) is 3.05. The minimum atomic E-state index is -0.360. The number of rotatable bonds is 2. The number of nitrogens with zero attached hydrogens (tertiary/aromatic N) is 3. The number of benzene rings is 2. The van der Waals surface area contributed by atoms with Gasteiger partial charge in [-0.1, -0.05) is 36.4 Å². The number of hydrogen-bond acceptors (Lipinski definition) is 4. The summed E-state index contributed by atoms with van der Waals surface area (Å²) in [5.74, 6) is -0.564. The maximum Gasteiger partial charge on any atom is 0.279 e. The van der Waals surface area contributed by atoms with Crippen molar-refractivity contribution in [2.75, 3.05) is 19.6 Å². The van der Waals surface area contributed by atoms with E-state index in [1.54, 1.807) is 48.5 Å². The van der Waals surface area contributed by atoms with Crippen LogP contribution in [0.5, 0.6) is 0 Å². The van der Waals surface area contributed by atoms with E-state index in [1.165, 1.54) is 9.58 Å². The third-order valence-electron chi connectivity index (χ3n) is 4.33. The van der Waals surface area contributed by atoms with Crippen LogP contribution < -0.4 is 10.9 Å². The first-order chi connectivity index (χ1) is 12.6. The van der Waals surface area contributed by atoms with Gasteiger partial charge in [-0.2, -0.15) is 9.78 Å². The van der Waals surface area contributed by atoms with Gasteiger partial charge < -0.3 is 10.2 Å². The number of fused-ring (bicyclic) bond motifs is 1. The Morgan fingerprint density at radius 1 is 0.962 bits per heavy atom. The molecule has 2 amide bonds. The predicted molar refractivity (Wildman–Crippen MR) is 96.3 cm³/mol. The van der Waals surface area contributed by atoms with E-state index in [0.29, 0.717) is 29.5 Å². The molecule has 0 unspecified atom stereocenters. The van der Waals surface area contributed by atoms with Crippen molar-refractivity contribution in [3.8, 4) is 5.69 Å². The van der Waals surface area contributed by atoms with Crippen molar-refractivity contribution < 1.29 is 9.59 Å². The van der Waals surface area contributed by atoms with Crippen molar-refractivity contribution in [3.05, 3.63) is 70.6 Å². The third kappa shape index (κ3) is 2.73. The zero-order valence-corrected chi connectivity index (χ0v) is 13.9. The highest BCUT2D eigenvalue weighted by Gasteiger charge is 2.26. The fourth-order valence-corrected chi connectivity index (χ4v) is 3.05. The van der Waals surface area contributed by atoms with Gasteiger partial charge in [-0.15, -0.1) is 0 Å². The predicted octanol–water partition coefficient (Wildman–Crippen LogP) is 0.958. The quantitative estimate of drug-likeness (QED) is 0.748. The molecule has 1 fully saturated rings. The van der Waals surface area contributed by atoms with Crippen molar-refractivity contribution in [1.82, 2.24) is 20.0 Å². The molecule has 1 aromatic heterocycles. The normalized spacial score (nSPS) is 14.3. The van der Waals surface area contributed by atoms with Crippen molar-refractivity contribution in [2.45, 2.75) is 0 Å². The van der Waals surface area contributed by atoms with Crippen molar-refractivity contribution in [2.24, 2.45) is 0 Å². The Morgan fingerprint density at radius 2 is 1.65 bits per heavy atom. The first kappa shape index (κ1) is 16.0. The van der Waals surface area contributed by atoms with Gasteiger partial charge in [-0.05, 0) is 18.2 Å². The molecule has 2 aromatic carbocycles. The molecule has 0 saturated carbocycles. The summed E-state index contributed by atoms with van der Waals surface area (Å²) in [7, 11) is 0. The molecule has 26 heavy (non-hydrogen) atoms. The van der Waals surface area contributed by atoms with Gasteiger partial charge in [0.1, 0.15) is 0 Å². The summed E-state index contributed by atoms with van der Waals surface area (Å²) in [5, 5.41) is 7.95. The van der Waals surface area contributed by atoms with Gasteiger partial charge in [0.05, 0.1) is 17.6 Å². The number of amides is 2. The number of hydrogen-bond donors (Lipinski definition) is 1. The molecule has 0 spiro atoms. The van der Waals surface area contributed by atoms with Crippen LogP contribution in [0.25, 0.3) is 16.5 Å². The lowest BCUT2D eigenvalue weighted by molar-refractivity contribution is -0.123. The molecule has 4 rings (SSSR count). The third-order valence-corrected chi connectivity index (χ3v) is 4.33. The zero-order valence-electron chi connectivity index (χ0n) is 13.9. The van der Waals surface area contributed by atoms with Gasteiger partial charge in [0.2, 0.25) is 5.91 Å². The van der Waals surface area contributed by atoms with Crippen LogP contribution in [-0.2, 0) is 4.79 Å². The van der Waals surface area contributed by atoms with Crippen LogP contribution in [0.2, 0.25) is 0 Å². The molecule has 1 aliphatic heterocycles. The second-order valence-corrected chi connectivity index (χ2v) is 6.02. The lowest BCUT2D eigenvalue weighted by Gasteiger charge is -2.26. The van der Waals surface area contributed by atoms with Crippen molar-refractivity contribution >= 4 is 22.6 Å². The second-order valence-electron chi connectivity index (χ2n) is 6.02. The van der Waals surface area contributed by atoms with Gasteiger partial charge in [0.15, 0.2) is 5.69 Å². The molecule has 0 aliphatic carbocycles. The molecular weight excluding hydrogens is 332 g/mol. The standard InChI is InChI=1S/C19H16N4O3/c24-16-12-22(11-10-20-16)19(26)17-14-8-4-5-9-15(14)18(25)23(21-17)13-6-2-1-3-7-13/h1-9H,10-12H2,(H,20,24). The molecule has 1 N–H and O–H groups in total. The number of aromatic nitrogens is 2. The van der Waals surface area contributed by atoms with E-state index >= 15 is 0 Å². The largest absolute Gasteiger partial charge is 0.353 e. The summed E-state index contributed by atoms with van der Waals surface area (Å²) in [6.45, 7) is 0.797. The Hall–Kier alpha value is -3.48. The number of carbonyl (C=O) groups is 2. The molecule has 0 bridgehead atoms. The Kier molecular flexibility index (Phi) is 3.96. The Labute approximate surface area is 148 Å². The van der Waals surface area contributed by atoms with E-state index in [1.807, 2.05) is 6.07 Å². The van der Waals surface area contributed by atoms with Gasteiger partial charge in [0.25, 0.3) is 11.5 Å². The summed E-state index contributed by atoms with van der Waals surface area (Å²) in [5.41, 5.74) is 0.451. The first-order valence-electron chi connectivity index (χ1n) is 8.28. The van der Waals surface area contributed by atoms with E-state index in [2.05, 4.69) is 10.4 Å². The van der Waals surface area contributed by atoms with Gasteiger partial charge in [-0.3, -0.25) is 14.4 Å². The Bertz CT molecular complexity index is 1060. The molecule has 3 aromatic rings. The Balaban J connectivity index is 1.91. The van der Waals surface area contributed by atoms with Gasteiger partial charge >= 0.3 is 0 Å². The van der Waals surface area contributed by atoms with Crippen LogP contribution >= 0.6 is 0 Å². The van der Waals surface area contributed by atoms with E-state index in [-0.39, 0.29) is 29.6 Å². The van der Waals surface area contributed by atoms with Crippen LogP contribution in [-0.4, -0.2) is 46.1 Å². The molecule has 1 saturated heterocycles. The zero-order chi connectivity index (χ0) is 18.1. The number of nitrogens with one attached hydrogen (secondary N) is 1.